The molecule has 3 rings (SSSR count). The highest BCUT2D eigenvalue weighted by Crippen LogP contribution is 2.38. The number of likely N-dealkylation sites (tertiary alicyclic amines) is 1. The third-order valence-corrected chi connectivity index (χ3v) is 5.33. The van der Waals surface area contributed by atoms with E-state index in [2.05, 4.69) is 0 Å². The van der Waals surface area contributed by atoms with E-state index in [-0.39, 0.29) is 12.4 Å². The minimum Gasteiger partial charge on any atom is -0.445 e. The molecule has 0 bridgehead atoms. The van der Waals surface area contributed by atoms with E-state index in [1.165, 1.54) is 16.7 Å². The van der Waals surface area contributed by atoms with Gasteiger partial charge >= 0.3 is 6.09 Å². The Hall–Kier alpha value is -1.92. The summed E-state index contributed by atoms with van der Waals surface area (Å²) in [5.41, 5.74) is 0.102. The number of halogens is 1. The minimum absolute atomic E-state index is 0.221. The molecule has 0 atom stereocenters. The zero-order chi connectivity index (χ0) is 17.2. The summed E-state index contributed by atoms with van der Waals surface area (Å²) in [6.45, 7) is 2.72. The van der Waals surface area contributed by atoms with Crippen LogP contribution in [-0.2, 0) is 16.9 Å². The van der Waals surface area contributed by atoms with Crippen molar-refractivity contribution in [3.8, 4) is 0 Å². The number of rotatable bonds is 3. The van der Waals surface area contributed by atoms with Crippen LogP contribution in [0.3, 0.4) is 0 Å². The molecule has 24 heavy (non-hydrogen) atoms. The maximum absolute atomic E-state index is 13.9. The molecule has 4 nitrogen and oxygen atoms in total. The van der Waals surface area contributed by atoms with Crippen LogP contribution >= 0.6 is 11.3 Å². The number of ether oxygens (including phenoxy) is 1. The predicted octanol–water partition coefficient (Wildman–Crippen LogP) is 3.82. The van der Waals surface area contributed by atoms with Crippen LogP contribution in [0.2, 0.25) is 0 Å². The highest BCUT2D eigenvalue weighted by atomic mass is 32.1. The maximum Gasteiger partial charge on any atom is 0.410 e. The first-order chi connectivity index (χ1) is 11.5. The lowest BCUT2D eigenvalue weighted by atomic mass is 9.84. The number of carbonyl (C=O) groups excluding carboxylic acids is 1. The first kappa shape index (κ1) is 16.9. The number of piperidine rings is 1. The molecule has 0 unspecified atom stereocenters. The van der Waals surface area contributed by atoms with Crippen LogP contribution in [0.5, 0.6) is 0 Å². The van der Waals surface area contributed by atoms with Crippen LogP contribution in [0, 0.1) is 12.7 Å². The molecule has 1 aromatic carbocycles. The molecule has 128 valence electrons. The van der Waals surface area contributed by atoms with E-state index >= 15 is 0 Å². The number of benzene rings is 1. The molecule has 0 aliphatic carbocycles. The molecule has 1 aliphatic rings. The summed E-state index contributed by atoms with van der Waals surface area (Å²) in [5.74, 6) is -0.361. The number of amides is 1. The van der Waals surface area contributed by atoms with E-state index in [1.54, 1.807) is 4.90 Å². The second-order valence-corrected chi connectivity index (χ2v) is 7.16. The van der Waals surface area contributed by atoms with Crippen LogP contribution in [0.15, 0.2) is 35.7 Å². The third kappa shape index (κ3) is 3.44. The molecule has 1 aliphatic heterocycles. The minimum atomic E-state index is -1.20. The summed E-state index contributed by atoms with van der Waals surface area (Å²) in [4.78, 5) is 14.5. The fraction of sp³-hybridized carbons (Fsp3) is 0.389. The molecular formula is C18H20FNO3S. The van der Waals surface area contributed by atoms with Gasteiger partial charge in [0.05, 0.1) is 5.60 Å². The van der Waals surface area contributed by atoms with Gasteiger partial charge in [0.15, 0.2) is 0 Å². The number of aryl methyl sites for hydroxylation is 1. The molecule has 1 fully saturated rings. The molecule has 1 N–H and O–H groups in total. The number of aliphatic hydroxyl groups is 1. The van der Waals surface area contributed by atoms with Gasteiger partial charge in [0.2, 0.25) is 0 Å². The Labute approximate surface area is 144 Å². The maximum atomic E-state index is 13.9. The summed E-state index contributed by atoms with van der Waals surface area (Å²) in [7, 11) is 0. The normalized spacial score (nSPS) is 16.9. The van der Waals surface area contributed by atoms with Crippen LogP contribution in [-0.4, -0.2) is 29.2 Å². The van der Waals surface area contributed by atoms with Crippen LogP contribution < -0.4 is 0 Å². The summed E-state index contributed by atoms with van der Waals surface area (Å²) in [5, 5.41) is 12.2. The molecule has 1 saturated heterocycles. The van der Waals surface area contributed by atoms with Gasteiger partial charge in [-0.25, -0.2) is 9.18 Å². The van der Waals surface area contributed by atoms with Crippen molar-refractivity contribution in [1.29, 1.82) is 0 Å². The van der Waals surface area contributed by atoms with Crippen molar-refractivity contribution in [1.82, 2.24) is 4.90 Å². The Morgan fingerprint density at radius 3 is 2.58 bits per heavy atom. The fourth-order valence-electron chi connectivity index (χ4n) is 3.10. The van der Waals surface area contributed by atoms with Gasteiger partial charge in [0.1, 0.15) is 12.4 Å². The molecule has 2 heterocycles. The Kier molecular flexibility index (Phi) is 4.87. The molecule has 1 amide bonds. The van der Waals surface area contributed by atoms with Gasteiger partial charge in [-0.1, -0.05) is 30.3 Å². The number of thiophene rings is 1. The van der Waals surface area contributed by atoms with E-state index in [9.17, 15) is 14.3 Å². The van der Waals surface area contributed by atoms with Crippen LogP contribution in [0.1, 0.15) is 28.8 Å². The Morgan fingerprint density at radius 2 is 2.00 bits per heavy atom. The first-order valence-electron chi connectivity index (χ1n) is 7.92. The standard InChI is InChI=1S/C18H20FNO3S/c1-13-16(15(19)12-24-13)18(22)7-9-20(10-8-18)17(21)23-11-14-5-3-2-4-6-14/h2-6,12,22H,7-11H2,1H3. The van der Waals surface area contributed by atoms with E-state index in [0.717, 1.165) is 10.4 Å². The van der Waals surface area contributed by atoms with Crippen molar-refractivity contribution < 1.29 is 19.0 Å². The Bertz CT molecular complexity index is 689. The van der Waals surface area contributed by atoms with E-state index < -0.39 is 11.7 Å². The number of hydrogen-bond acceptors (Lipinski definition) is 4. The summed E-state index contributed by atoms with van der Waals surface area (Å²) >= 11 is 1.30. The first-order valence-corrected chi connectivity index (χ1v) is 8.80. The molecule has 0 radical (unpaired) electrons. The Balaban J connectivity index is 1.57. The highest BCUT2D eigenvalue weighted by Gasteiger charge is 2.39. The monoisotopic (exact) mass is 349 g/mol. The van der Waals surface area contributed by atoms with Gasteiger partial charge in [0.25, 0.3) is 0 Å². The molecule has 0 spiro atoms. The molecule has 6 heteroatoms. The van der Waals surface area contributed by atoms with E-state index in [0.29, 0.717) is 31.5 Å². The van der Waals surface area contributed by atoms with Crippen molar-refractivity contribution in [2.45, 2.75) is 32.0 Å². The van der Waals surface area contributed by atoms with Crippen LogP contribution in [0.4, 0.5) is 9.18 Å². The summed E-state index contributed by atoms with van der Waals surface area (Å²) in [6, 6.07) is 9.47. The van der Waals surface area contributed by atoms with Gasteiger partial charge in [-0.3, -0.25) is 0 Å². The highest BCUT2D eigenvalue weighted by molar-refractivity contribution is 7.10. The van der Waals surface area contributed by atoms with Gasteiger partial charge in [-0.2, -0.15) is 0 Å². The van der Waals surface area contributed by atoms with Gasteiger partial charge in [0, 0.05) is 28.9 Å². The summed E-state index contributed by atoms with van der Waals surface area (Å²) < 4.78 is 19.3. The van der Waals surface area contributed by atoms with Crippen molar-refractivity contribution in [3.63, 3.8) is 0 Å². The van der Waals surface area contributed by atoms with E-state index in [1.807, 2.05) is 37.3 Å². The second kappa shape index (κ2) is 6.91. The lowest BCUT2D eigenvalue weighted by Crippen LogP contribution is -2.45. The fourth-order valence-corrected chi connectivity index (χ4v) is 3.90. The zero-order valence-corrected chi connectivity index (χ0v) is 14.3. The van der Waals surface area contributed by atoms with Gasteiger partial charge in [-0.05, 0) is 25.3 Å². The van der Waals surface area contributed by atoms with Crippen molar-refractivity contribution in [3.05, 3.63) is 57.5 Å². The van der Waals surface area contributed by atoms with E-state index in [4.69, 9.17) is 4.74 Å². The largest absolute Gasteiger partial charge is 0.445 e. The molecule has 2 aromatic rings. The second-order valence-electron chi connectivity index (χ2n) is 6.07. The third-order valence-electron chi connectivity index (χ3n) is 4.45. The molecule has 1 aromatic heterocycles. The average molecular weight is 349 g/mol. The number of nitrogens with zero attached hydrogens (tertiary/aromatic N) is 1. The van der Waals surface area contributed by atoms with Crippen molar-refractivity contribution in [2.24, 2.45) is 0 Å². The SMILES string of the molecule is Cc1scc(F)c1C1(O)CCN(C(=O)OCc2ccccc2)CC1. The predicted molar refractivity (Wildman–Crippen MR) is 90.3 cm³/mol. The molecule has 0 saturated carbocycles. The van der Waals surface area contributed by atoms with Crippen molar-refractivity contribution in [2.75, 3.05) is 13.1 Å². The van der Waals surface area contributed by atoms with Gasteiger partial charge < -0.3 is 14.7 Å². The summed E-state index contributed by atoms with van der Waals surface area (Å²) in [6.07, 6.45) is 0.215. The quantitative estimate of drug-likeness (QED) is 0.916. The lowest BCUT2D eigenvalue weighted by molar-refractivity contribution is -0.0278. The van der Waals surface area contributed by atoms with Gasteiger partial charge in [-0.15, -0.1) is 11.3 Å². The van der Waals surface area contributed by atoms with Crippen LogP contribution in [0.25, 0.3) is 0 Å². The van der Waals surface area contributed by atoms with Crippen molar-refractivity contribution >= 4 is 17.4 Å². The topological polar surface area (TPSA) is 49.8 Å². The number of hydrogen-bond donors (Lipinski definition) is 1. The zero-order valence-electron chi connectivity index (χ0n) is 13.5. The lowest BCUT2D eigenvalue weighted by Gasteiger charge is -2.37. The molecular weight excluding hydrogens is 329 g/mol. The smallest absolute Gasteiger partial charge is 0.410 e. The average Bonchev–Trinajstić information content (AvgIpc) is 2.93. The Morgan fingerprint density at radius 1 is 1.33 bits per heavy atom. The number of carbonyl (C=O) groups is 1.